The largest absolute Gasteiger partial charge is 0.469 e. The van der Waals surface area contributed by atoms with Crippen molar-refractivity contribution in [2.24, 2.45) is 5.92 Å². The van der Waals surface area contributed by atoms with Gasteiger partial charge in [-0.15, -0.1) is 0 Å². The van der Waals surface area contributed by atoms with Crippen molar-refractivity contribution in [1.82, 2.24) is 0 Å². The van der Waals surface area contributed by atoms with Crippen LogP contribution < -0.4 is 0 Å². The molecule has 0 heterocycles. The maximum absolute atomic E-state index is 11.4. The lowest BCUT2D eigenvalue weighted by atomic mass is 9.84. The van der Waals surface area contributed by atoms with Crippen LogP contribution in [0.3, 0.4) is 0 Å². The standard InChI is InChI=1S/C12H15NO5/c1-8(11(14)18-3)12(2,15)9-4-6-10(7-5-9)13(16)17/h4-8,15H,1-3H3/t8-,12-/m0/s1. The molecule has 0 amide bonds. The molecule has 0 bridgehead atoms. The Bertz CT molecular complexity index is 452. The lowest BCUT2D eigenvalue weighted by Crippen LogP contribution is -2.35. The normalized spacial score (nSPS) is 15.6. The van der Waals surface area contributed by atoms with Crippen LogP contribution in [-0.2, 0) is 15.1 Å². The van der Waals surface area contributed by atoms with Crippen LogP contribution in [0, 0.1) is 16.0 Å². The first-order chi connectivity index (χ1) is 8.30. The van der Waals surface area contributed by atoms with Gasteiger partial charge in [-0.3, -0.25) is 14.9 Å². The Labute approximate surface area is 104 Å². The number of carbonyl (C=O) groups excluding carboxylic acids is 1. The third-order valence-electron chi connectivity index (χ3n) is 3.06. The minimum Gasteiger partial charge on any atom is -0.469 e. The highest BCUT2D eigenvalue weighted by Gasteiger charge is 2.36. The number of rotatable bonds is 4. The molecule has 0 aliphatic heterocycles. The Morgan fingerprint density at radius 3 is 2.33 bits per heavy atom. The highest BCUT2D eigenvalue weighted by Crippen LogP contribution is 2.31. The van der Waals surface area contributed by atoms with Gasteiger partial charge in [-0.1, -0.05) is 0 Å². The zero-order valence-electron chi connectivity index (χ0n) is 10.4. The van der Waals surface area contributed by atoms with E-state index >= 15 is 0 Å². The molecule has 98 valence electrons. The van der Waals surface area contributed by atoms with Gasteiger partial charge >= 0.3 is 5.97 Å². The van der Waals surface area contributed by atoms with Crippen LogP contribution >= 0.6 is 0 Å². The van der Waals surface area contributed by atoms with E-state index in [0.29, 0.717) is 5.56 Å². The van der Waals surface area contributed by atoms with Gasteiger partial charge in [0.25, 0.3) is 5.69 Å². The minimum atomic E-state index is -1.44. The first-order valence-electron chi connectivity index (χ1n) is 5.35. The van der Waals surface area contributed by atoms with Gasteiger partial charge in [0.15, 0.2) is 0 Å². The number of ether oxygens (including phenoxy) is 1. The first-order valence-corrected chi connectivity index (χ1v) is 5.35. The van der Waals surface area contributed by atoms with Crippen LogP contribution in [0.25, 0.3) is 0 Å². The predicted octanol–water partition coefficient (Wildman–Crippen LogP) is 1.61. The van der Waals surface area contributed by atoms with Gasteiger partial charge in [0.05, 0.1) is 23.6 Å². The molecule has 18 heavy (non-hydrogen) atoms. The predicted molar refractivity (Wildman–Crippen MR) is 63.8 cm³/mol. The summed E-state index contributed by atoms with van der Waals surface area (Å²) in [5.41, 5.74) is -1.09. The molecule has 0 radical (unpaired) electrons. The van der Waals surface area contributed by atoms with Crippen molar-refractivity contribution in [3.05, 3.63) is 39.9 Å². The number of hydrogen-bond acceptors (Lipinski definition) is 5. The summed E-state index contributed by atoms with van der Waals surface area (Å²) in [5, 5.41) is 20.8. The summed E-state index contributed by atoms with van der Waals surface area (Å²) < 4.78 is 4.57. The van der Waals surface area contributed by atoms with Gasteiger partial charge in [0, 0.05) is 12.1 Å². The van der Waals surface area contributed by atoms with E-state index in [9.17, 15) is 20.0 Å². The second-order valence-corrected chi connectivity index (χ2v) is 4.20. The van der Waals surface area contributed by atoms with E-state index in [0.717, 1.165) is 0 Å². The first kappa shape index (κ1) is 14.1. The number of nitro benzene ring substituents is 1. The van der Waals surface area contributed by atoms with E-state index < -0.39 is 22.4 Å². The van der Waals surface area contributed by atoms with Crippen LogP contribution in [0.4, 0.5) is 5.69 Å². The summed E-state index contributed by atoms with van der Waals surface area (Å²) in [6, 6.07) is 5.43. The minimum absolute atomic E-state index is 0.0692. The molecule has 0 spiro atoms. The van der Waals surface area contributed by atoms with Gasteiger partial charge in [0.2, 0.25) is 0 Å². The summed E-state index contributed by atoms with van der Waals surface area (Å²) in [6.45, 7) is 3.00. The number of methoxy groups -OCH3 is 1. The van der Waals surface area contributed by atoms with Crippen molar-refractivity contribution in [3.63, 3.8) is 0 Å². The van der Waals surface area contributed by atoms with E-state index in [2.05, 4.69) is 4.74 Å². The molecule has 0 fully saturated rings. The summed E-state index contributed by atoms with van der Waals surface area (Å²) in [7, 11) is 1.24. The van der Waals surface area contributed by atoms with Crippen molar-refractivity contribution in [3.8, 4) is 0 Å². The lowest BCUT2D eigenvalue weighted by molar-refractivity contribution is -0.384. The monoisotopic (exact) mass is 253 g/mol. The molecular formula is C12H15NO5. The number of hydrogen-bond donors (Lipinski definition) is 1. The molecule has 6 heteroatoms. The molecule has 6 nitrogen and oxygen atoms in total. The van der Waals surface area contributed by atoms with E-state index in [1.165, 1.54) is 45.2 Å². The number of nitro groups is 1. The summed E-state index contributed by atoms with van der Waals surface area (Å²) in [5.74, 6) is -1.32. The fourth-order valence-electron chi connectivity index (χ4n) is 1.58. The molecule has 0 aliphatic rings. The van der Waals surface area contributed by atoms with Crippen LogP contribution in [-0.4, -0.2) is 23.1 Å². The quantitative estimate of drug-likeness (QED) is 0.500. The molecule has 0 aromatic heterocycles. The van der Waals surface area contributed by atoms with Crippen LogP contribution in [0.5, 0.6) is 0 Å². The van der Waals surface area contributed by atoms with Crippen molar-refractivity contribution >= 4 is 11.7 Å². The summed E-state index contributed by atoms with van der Waals surface area (Å²) >= 11 is 0. The Kier molecular flexibility index (Phi) is 4.03. The second kappa shape index (κ2) is 5.14. The Morgan fingerprint density at radius 1 is 1.44 bits per heavy atom. The maximum atomic E-state index is 11.4. The van der Waals surface area contributed by atoms with Crippen LogP contribution in [0.15, 0.2) is 24.3 Å². The smallest absolute Gasteiger partial charge is 0.311 e. The fourth-order valence-corrected chi connectivity index (χ4v) is 1.58. The molecule has 0 saturated carbocycles. The van der Waals surface area contributed by atoms with Gasteiger partial charge in [-0.25, -0.2) is 0 Å². The topological polar surface area (TPSA) is 89.7 Å². The molecule has 2 atom stereocenters. The zero-order chi connectivity index (χ0) is 13.9. The summed E-state index contributed by atoms with van der Waals surface area (Å²) in [6.07, 6.45) is 0. The van der Waals surface area contributed by atoms with Crippen LogP contribution in [0.2, 0.25) is 0 Å². The van der Waals surface area contributed by atoms with Gasteiger partial charge in [-0.2, -0.15) is 0 Å². The number of benzene rings is 1. The Hall–Kier alpha value is -1.95. The number of nitrogens with zero attached hydrogens (tertiary/aromatic N) is 1. The molecule has 0 unspecified atom stereocenters. The van der Waals surface area contributed by atoms with E-state index in [1.807, 2.05) is 0 Å². The van der Waals surface area contributed by atoms with E-state index in [1.54, 1.807) is 0 Å². The molecule has 0 saturated heterocycles. The molecule has 1 aromatic carbocycles. The van der Waals surface area contributed by atoms with Gasteiger partial charge < -0.3 is 9.84 Å². The van der Waals surface area contributed by atoms with Crippen molar-refractivity contribution in [1.29, 1.82) is 0 Å². The summed E-state index contributed by atoms with van der Waals surface area (Å²) in [4.78, 5) is 21.4. The maximum Gasteiger partial charge on any atom is 0.311 e. The number of carbonyl (C=O) groups is 1. The van der Waals surface area contributed by atoms with Crippen molar-refractivity contribution < 1.29 is 19.6 Å². The van der Waals surface area contributed by atoms with Gasteiger partial charge in [0.1, 0.15) is 0 Å². The van der Waals surface area contributed by atoms with E-state index in [4.69, 9.17) is 0 Å². The molecule has 1 aromatic rings. The molecule has 1 N–H and O–H groups in total. The fraction of sp³-hybridized carbons (Fsp3) is 0.417. The lowest BCUT2D eigenvalue weighted by Gasteiger charge is -2.28. The average molecular weight is 253 g/mol. The number of aliphatic hydroxyl groups is 1. The Morgan fingerprint density at radius 2 is 1.94 bits per heavy atom. The van der Waals surface area contributed by atoms with Crippen molar-refractivity contribution in [2.45, 2.75) is 19.4 Å². The third kappa shape index (κ3) is 2.65. The molecule has 0 aliphatic carbocycles. The number of esters is 1. The highest BCUT2D eigenvalue weighted by atomic mass is 16.6. The SMILES string of the molecule is COC(=O)[C@H](C)[C@](C)(O)c1ccc([N+](=O)[O-])cc1. The third-order valence-corrected chi connectivity index (χ3v) is 3.06. The van der Waals surface area contributed by atoms with Crippen LogP contribution in [0.1, 0.15) is 19.4 Å². The Balaban J connectivity index is 3.04. The average Bonchev–Trinajstić information content (AvgIpc) is 2.36. The molecule has 1 rings (SSSR count). The second-order valence-electron chi connectivity index (χ2n) is 4.20. The van der Waals surface area contributed by atoms with E-state index in [-0.39, 0.29) is 5.69 Å². The zero-order valence-corrected chi connectivity index (χ0v) is 10.4. The van der Waals surface area contributed by atoms with Crippen molar-refractivity contribution in [2.75, 3.05) is 7.11 Å². The number of non-ortho nitro benzene ring substituents is 1. The molecular weight excluding hydrogens is 238 g/mol. The van der Waals surface area contributed by atoms with Gasteiger partial charge in [-0.05, 0) is 31.5 Å². The highest BCUT2D eigenvalue weighted by molar-refractivity contribution is 5.73.